The molecule has 0 bridgehead atoms. The highest BCUT2D eigenvalue weighted by Crippen LogP contribution is 2.29. The zero-order chi connectivity index (χ0) is 20.8. The van der Waals surface area contributed by atoms with Gasteiger partial charge < -0.3 is 14.7 Å². The van der Waals surface area contributed by atoms with Crippen LogP contribution in [-0.4, -0.2) is 36.6 Å². The number of nitrogens with zero attached hydrogens (tertiary/aromatic N) is 2. The number of thioether (sulfide) groups is 1. The van der Waals surface area contributed by atoms with E-state index in [2.05, 4.69) is 27.5 Å². The summed E-state index contributed by atoms with van der Waals surface area (Å²) in [5.74, 6) is 1.48. The van der Waals surface area contributed by atoms with E-state index in [4.69, 9.17) is 4.52 Å². The molecule has 0 aliphatic carbocycles. The highest BCUT2D eigenvalue weighted by molar-refractivity contribution is 7.98. The normalized spacial score (nSPS) is 12.2. The van der Waals surface area contributed by atoms with Crippen molar-refractivity contribution in [3.63, 3.8) is 0 Å². The number of likely N-dealkylation sites (N-methyl/N-ethyl adjacent to an activating group) is 1. The van der Waals surface area contributed by atoms with Crippen LogP contribution < -0.4 is 5.32 Å². The molecular weight excluding hydrogens is 382 g/mol. The Morgan fingerprint density at radius 1 is 1.10 bits per heavy atom. The van der Waals surface area contributed by atoms with Crippen LogP contribution in [0.25, 0.3) is 0 Å². The summed E-state index contributed by atoms with van der Waals surface area (Å²) in [6.45, 7) is 4.40. The number of aryl methyl sites for hydroxylation is 2. The van der Waals surface area contributed by atoms with Gasteiger partial charge in [0.1, 0.15) is 5.76 Å². The SMILES string of the molecule is Cc1noc(C)c1CSc1ccccc1C(=O)NCC(c1ccccc1)N(C)C. The second kappa shape index (κ2) is 9.76. The molecule has 1 heterocycles. The average molecular weight is 410 g/mol. The first kappa shape index (κ1) is 21.1. The molecule has 0 saturated carbocycles. The molecule has 1 N–H and O–H groups in total. The fourth-order valence-electron chi connectivity index (χ4n) is 3.20. The van der Waals surface area contributed by atoms with Gasteiger partial charge in [-0.25, -0.2) is 0 Å². The molecule has 0 fully saturated rings. The van der Waals surface area contributed by atoms with Crippen molar-refractivity contribution in [2.24, 2.45) is 0 Å². The smallest absolute Gasteiger partial charge is 0.252 e. The lowest BCUT2D eigenvalue weighted by Gasteiger charge is -2.25. The predicted octanol–water partition coefficient (Wildman–Crippen LogP) is 4.62. The standard InChI is InChI=1S/C23H27N3O2S/c1-16-20(17(2)28-25-16)15-29-22-13-9-8-12-19(22)23(27)24-14-21(26(3)4)18-10-6-5-7-11-18/h5-13,21H,14-15H2,1-4H3,(H,24,27). The van der Waals surface area contributed by atoms with Crippen molar-refractivity contribution in [2.75, 3.05) is 20.6 Å². The van der Waals surface area contributed by atoms with Crippen LogP contribution in [0.3, 0.4) is 0 Å². The Morgan fingerprint density at radius 3 is 2.45 bits per heavy atom. The Hall–Kier alpha value is -2.57. The average Bonchev–Trinajstić information content (AvgIpc) is 3.04. The Kier molecular flexibility index (Phi) is 7.12. The van der Waals surface area contributed by atoms with E-state index in [9.17, 15) is 4.79 Å². The Labute approximate surface area is 176 Å². The number of hydrogen-bond acceptors (Lipinski definition) is 5. The van der Waals surface area contributed by atoms with Gasteiger partial charge in [0.05, 0.1) is 17.3 Å². The molecule has 2 aromatic carbocycles. The van der Waals surface area contributed by atoms with E-state index in [-0.39, 0.29) is 11.9 Å². The Bertz CT molecular complexity index is 934. The summed E-state index contributed by atoms with van der Waals surface area (Å²) >= 11 is 1.63. The van der Waals surface area contributed by atoms with Gasteiger partial charge in [-0.15, -0.1) is 11.8 Å². The first-order valence-electron chi connectivity index (χ1n) is 9.60. The van der Waals surface area contributed by atoms with Crippen LogP contribution in [-0.2, 0) is 5.75 Å². The quantitative estimate of drug-likeness (QED) is 0.550. The van der Waals surface area contributed by atoms with Crippen molar-refractivity contribution in [2.45, 2.75) is 30.5 Å². The molecule has 5 nitrogen and oxygen atoms in total. The molecule has 152 valence electrons. The van der Waals surface area contributed by atoms with Crippen LogP contribution in [0.15, 0.2) is 64.0 Å². The van der Waals surface area contributed by atoms with Crippen molar-refractivity contribution in [3.05, 3.63) is 82.7 Å². The number of carbonyl (C=O) groups is 1. The molecule has 1 unspecified atom stereocenters. The molecule has 1 amide bonds. The maximum Gasteiger partial charge on any atom is 0.252 e. The van der Waals surface area contributed by atoms with Crippen LogP contribution in [0.2, 0.25) is 0 Å². The molecule has 1 atom stereocenters. The second-order valence-electron chi connectivity index (χ2n) is 7.19. The van der Waals surface area contributed by atoms with E-state index in [0.29, 0.717) is 12.1 Å². The number of aromatic nitrogens is 1. The highest BCUT2D eigenvalue weighted by Gasteiger charge is 2.18. The predicted molar refractivity (Wildman–Crippen MR) is 117 cm³/mol. The van der Waals surface area contributed by atoms with E-state index < -0.39 is 0 Å². The van der Waals surface area contributed by atoms with Crippen molar-refractivity contribution in [1.29, 1.82) is 0 Å². The van der Waals surface area contributed by atoms with Crippen molar-refractivity contribution >= 4 is 17.7 Å². The van der Waals surface area contributed by atoms with Gasteiger partial charge in [0.25, 0.3) is 5.91 Å². The Balaban J connectivity index is 1.69. The molecule has 29 heavy (non-hydrogen) atoms. The fraction of sp³-hybridized carbons (Fsp3) is 0.304. The fourth-order valence-corrected chi connectivity index (χ4v) is 4.40. The van der Waals surface area contributed by atoms with Gasteiger partial charge in [-0.2, -0.15) is 0 Å². The molecular formula is C23H27N3O2S. The number of amides is 1. The van der Waals surface area contributed by atoms with Gasteiger partial charge >= 0.3 is 0 Å². The minimum atomic E-state index is -0.0605. The molecule has 6 heteroatoms. The molecule has 0 aliphatic rings. The number of carbonyl (C=O) groups excluding carboxylic acids is 1. The highest BCUT2D eigenvalue weighted by atomic mass is 32.2. The van der Waals surface area contributed by atoms with Crippen molar-refractivity contribution in [1.82, 2.24) is 15.4 Å². The van der Waals surface area contributed by atoms with E-state index in [1.54, 1.807) is 11.8 Å². The lowest BCUT2D eigenvalue weighted by Crippen LogP contribution is -2.34. The maximum absolute atomic E-state index is 12.9. The third-order valence-corrected chi connectivity index (χ3v) is 6.05. The molecule has 0 spiro atoms. The minimum absolute atomic E-state index is 0.0605. The molecule has 0 radical (unpaired) electrons. The summed E-state index contributed by atoms with van der Waals surface area (Å²) in [5, 5.41) is 7.12. The molecule has 3 aromatic rings. The Morgan fingerprint density at radius 2 is 1.79 bits per heavy atom. The number of hydrogen-bond donors (Lipinski definition) is 1. The molecule has 1 aromatic heterocycles. The largest absolute Gasteiger partial charge is 0.361 e. The van der Waals surface area contributed by atoms with Crippen molar-refractivity contribution < 1.29 is 9.32 Å². The van der Waals surface area contributed by atoms with Gasteiger partial charge in [-0.1, -0.05) is 47.6 Å². The van der Waals surface area contributed by atoms with E-state index in [1.165, 1.54) is 5.56 Å². The van der Waals surface area contributed by atoms with Gasteiger partial charge in [-0.05, 0) is 45.6 Å². The van der Waals surface area contributed by atoms with Gasteiger partial charge in [0.15, 0.2) is 0 Å². The van der Waals surface area contributed by atoms with Gasteiger partial charge in [0, 0.05) is 22.8 Å². The monoisotopic (exact) mass is 409 g/mol. The molecule has 0 aliphatic heterocycles. The number of rotatable bonds is 8. The zero-order valence-electron chi connectivity index (χ0n) is 17.3. The minimum Gasteiger partial charge on any atom is -0.361 e. The number of nitrogens with one attached hydrogen (secondary N) is 1. The van der Waals surface area contributed by atoms with Crippen LogP contribution in [0, 0.1) is 13.8 Å². The summed E-state index contributed by atoms with van der Waals surface area (Å²) < 4.78 is 5.24. The topological polar surface area (TPSA) is 58.4 Å². The lowest BCUT2D eigenvalue weighted by atomic mass is 10.1. The van der Waals surface area contributed by atoms with E-state index in [1.807, 2.05) is 70.4 Å². The van der Waals surface area contributed by atoms with E-state index >= 15 is 0 Å². The van der Waals surface area contributed by atoms with Gasteiger partial charge in [0.2, 0.25) is 0 Å². The van der Waals surface area contributed by atoms with Crippen LogP contribution in [0.5, 0.6) is 0 Å². The summed E-state index contributed by atoms with van der Waals surface area (Å²) in [7, 11) is 4.05. The van der Waals surface area contributed by atoms with Crippen molar-refractivity contribution in [3.8, 4) is 0 Å². The van der Waals surface area contributed by atoms with Crippen LogP contribution >= 0.6 is 11.8 Å². The van der Waals surface area contributed by atoms with E-state index in [0.717, 1.165) is 27.7 Å². The van der Waals surface area contributed by atoms with Gasteiger partial charge in [-0.3, -0.25) is 4.79 Å². The zero-order valence-corrected chi connectivity index (χ0v) is 18.1. The van der Waals surface area contributed by atoms with Crippen LogP contribution in [0.4, 0.5) is 0 Å². The number of benzene rings is 2. The summed E-state index contributed by atoms with van der Waals surface area (Å²) in [5.41, 5.74) is 3.85. The summed E-state index contributed by atoms with van der Waals surface area (Å²) in [4.78, 5) is 16.0. The summed E-state index contributed by atoms with van der Waals surface area (Å²) in [6.07, 6.45) is 0. The third-order valence-electron chi connectivity index (χ3n) is 4.95. The molecule has 3 rings (SSSR count). The van der Waals surface area contributed by atoms with Crippen LogP contribution in [0.1, 0.15) is 39.0 Å². The third kappa shape index (κ3) is 5.28. The lowest BCUT2D eigenvalue weighted by molar-refractivity contribution is 0.0939. The first-order valence-corrected chi connectivity index (χ1v) is 10.6. The molecule has 0 saturated heterocycles. The summed E-state index contributed by atoms with van der Waals surface area (Å²) in [6, 6.07) is 18.0. The first-order chi connectivity index (χ1) is 14.0. The maximum atomic E-state index is 12.9. The second-order valence-corrected chi connectivity index (χ2v) is 8.20.